The van der Waals surface area contributed by atoms with Crippen LogP contribution < -0.4 is 0 Å². The summed E-state index contributed by atoms with van der Waals surface area (Å²) in [6.07, 6.45) is 1.37. The fourth-order valence-corrected chi connectivity index (χ4v) is 3.43. The third-order valence-electron chi connectivity index (χ3n) is 4.94. The Morgan fingerprint density at radius 1 is 1.35 bits per heavy atom. The van der Waals surface area contributed by atoms with E-state index in [2.05, 4.69) is 6.58 Å². The van der Waals surface area contributed by atoms with Gasteiger partial charge in [0.25, 0.3) is 0 Å². The molecule has 23 heavy (non-hydrogen) atoms. The quantitative estimate of drug-likeness (QED) is 0.782. The second kappa shape index (κ2) is 6.00. The zero-order chi connectivity index (χ0) is 16.6. The number of aliphatic hydroxyl groups excluding tert-OH is 1. The molecule has 2 fully saturated rings. The Labute approximate surface area is 136 Å². The van der Waals surface area contributed by atoms with Crippen LogP contribution in [0.3, 0.4) is 0 Å². The first-order valence-electron chi connectivity index (χ1n) is 7.92. The predicted octanol–water partition coefficient (Wildman–Crippen LogP) is 1.78. The summed E-state index contributed by atoms with van der Waals surface area (Å²) in [6.45, 7) is 6.03. The molecule has 1 aromatic carbocycles. The maximum Gasteiger partial charge on any atom is 0.166 e. The van der Waals surface area contributed by atoms with Crippen molar-refractivity contribution in [1.82, 2.24) is 0 Å². The molecule has 0 aliphatic carbocycles. The van der Waals surface area contributed by atoms with E-state index >= 15 is 0 Å². The first-order valence-corrected chi connectivity index (χ1v) is 7.92. The molecule has 0 saturated carbocycles. The van der Waals surface area contributed by atoms with Gasteiger partial charge in [-0.3, -0.25) is 0 Å². The highest BCUT2D eigenvalue weighted by atomic mass is 16.7. The number of rotatable bonds is 6. The molecule has 2 aliphatic rings. The number of aliphatic hydroxyl groups is 2. The maximum atomic E-state index is 11.0. The Kier molecular flexibility index (Phi) is 4.33. The minimum Gasteiger partial charge on any atom is -0.386 e. The molecular formula is C18H24O5. The normalized spacial score (nSPS) is 37.5. The molecule has 0 unspecified atom stereocenters. The highest BCUT2D eigenvalue weighted by molar-refractivity contribution is 5.16. The monoisotopic (exact) mass is 320 g/mol. The second-order valence-corrected chi connectivity index (χ2v) is 6.60. The van der Waals surface area contributed by atoms with Crippen molar-refractivity contribution in [2.75, 3.05) is 13.2 Å². The van der Waals surface area contributed by atoms with Crippen molar-refractivity contribution in [1.29, 1.82) is 0 Å². The standard InChI is InChI=1S/C18H24O5/c1-3-15(19)18(20)13-22-16(2)9-10-17(18,23-16)12-21-11-14-7-5-4-6-8-14/h3-8,15,19-20H,1,9-13H2,2H3/t15-,16-,17-,18+/m1/s1. The minimum atomic E-state index is -1.57. The molecule has 2 saturated heterocycles. The van der Waals surface area contributed by atoms with Crippen LogP contribution in [0.25, 0.3) is 0 Å². The van der Waals surface area contributed by atoms with E-state index in [1.165, 1.54) is 6.08 Å². The van der Waals surface area contributed by atoms with Crippen LogP contribution in [-0.4, -0.2) is 46.5 Å². The number of benzene rings is 1. The fraction of sp³-hybridized carbons (Fsp3) is 0.556. The Morgan fingerprint density at radius 2 is 2.09 bits per heavy atom. The molecule has 2 heterocycles. The van der Waals surface area contributed by atoms with Gasteiger partial charge >= 0.3 is 0 Å². The van der Waals surface area contributed by atoms with Crippen molar-refractivity contribution in [3.63, 3.8) is 0 Å². The van der Waals surface area contributed by atoms with Gasteiger partial charge in [0.15, 0.2) is 5.79 Å². The van der Waals surface area contributed by atoms with Crippen molar-refractivity contribution in [3.8, 4) is 0 Å². The highest BCUT2D eigenvalue weighted by Gasteiger charge is 2.66. The molecular weight excluding hydrogens is 296 g/mol. The van der Waals surface area contributed by atoms with E-state index in [9.17, 15) is 10.2 Å². The Balaban J connectivity index is 1.76. The Bertz CT molecular complexity index is 562. The van der Waals surface area contributed by atoms with Crippen molar-refractivity contribution in [3.05, 3.63) is 48.6 Å². The van der Waals surface area contributed by atoms with Gasteiger partial charge in [-0.25, -0.2) is 0 Å². The molecule has 0 spiro atoms. The Morgan fingerprint density at radius 3 is 2.78 bits per heavy atom. The number of hydrogen-bond donors (Lipinski definition) is 2. The minimum absolute atomic E-state index is 0.00855. The first-order chi connectivity index (χ1) is 10.9. The van der Waals surface area contributed by atoms with E-state index in [4.69, 9.17) is 14.2 Å². The van der Waals surface area contributed by atoms with E-state index in [-0.39, 0.29) is 13.2 Å². The zero-order valence-corrected chi connectivity index (χ0v) is 13.4. The summed E-state index contributed by atoms with van der Waals surface area (Å²) in [5.41, 5.74) is -1.52. The lowest BCUT2D eigenvalue weighted by Crippen LogP contribution is -2.69. The summed E-state index contributed by atoms with van der Waals surface area (Å²) < 4.78 is 17.5. The third-order valence-corrected chi connectivity index (χ3v) is 4.94. The molecule has 2 bridgehead atoms. The van der Waals surface area contributed by atoms with Crippen LogP contribution in [0.4, 0.5) is 0 Å². The highest BCUT2D eigenvalue weighted by Crippen LogP contribution is 2.50. The van der Waals surface area contributed by atoms with Gasteiger partial charge < -0.3 is 24.4 Å². The van der Waals surface area contributed by atoms with E-state index in [0.717, 1.165) is 5.56 Å². The number of hydrogen-bond acceptors (Lipinski definition) is 5. The molecule has 1 aromatic rings. The van der Waals surface area contributed by atoms with Gasteiger partial charge in [0, 0.05) is 6.42 Å². The van der Waals surface area contributed by atoms with E-state index in [1.54, 1.807) is 0 Å². The number of fused-ring (bicyclic) bond motifs is 2. The summed E-state index contributed by atoms with van der Waals surface area (Å²) in [6, 6.07) is 9.81. The van der Waals surface area contributed by atoms with Crippen molar-refractivity contribution < 1.29 is 24.4 Å². The predicted molar refractivity (Wildman–Crippen MR) is 84.7 cm³/mol. The SMILES string of the molecule is C=C[C@@H](O)[C@@]1(O)CO[C@@]2(C)CC[C@]1(COCc1ccccc1)O2. The molecule has 2 aliphatic heterocycles. The van der Waals surface area contributed by atoms with Gasteiger partial charge in [-0.2, -0.15) is 0 Å². The van der Waals surface area contributed by atoms with Crippen LogP contribution in [0, 0.1) is 0 Å². The lowest BCUT2D eigenvalue weighted by atomic mass is 9.77. The van der Waals surface area contributed by atoms with Gasteiger partial charge in [-0.1, -0.05) is 36.4 Å². The van der Waals surface area contributed by atoms with Crippen LogP contribution >= 0.6 is 0 Å². The second-order valence-electron chi connectivity index (χ2n) is 6.60. The molecule has 5 heteroatoms. The topological polar surface area (TPSA) is 68.2 Å². The van der Waals surface area contributed by atoms with Crippen LogP contribution in [0.5, 0.6) is 0 Å². The van der Waals surface area contributed by atoms with Gasteiger partial charge in [-0.15, -0.1) is 6.58 Å². The number of ether oxygens (including phenoxy) is 3. The summed E-state index contributed by atoms with van der Waals surface area (Å²) in [7, 11) is 0. The summed E-state index contributed by atoms with van der Waals surface area (Å²) in [5.74, 6) is -0.733. The average molecular weight is 320 g/mol. The van der Waals surface area contributed by atoms with E-state index < -0.39 is 23.1 Å². The van der Waals surface area contributed by atoms with Crippen LogP contribution in [-0.2, 0) is 20.8 Å². The summed E-state index contributed by atoms with van der Waals surface area (Å²) in [5, 5.41) is 21.3. The fourth-order valence-electron chi connectivity index (χ4n) is 3.43. The summed E-state index contributed by atoms with van der Waals surface area (Å²) >= 11 is 0. The van der Waals surface area contributed by atoms with Crippen LogP contribution in [0.2, 0.25) is 0 Å². The van der Waals surface area contributed by atoms with Crippen molar-refractivity contribution in [2.45, 2.75) is 49.5 Å². The van der Waals surface area contributed by atoms with Gasteiger partial charge in [-0.05, 0) is 18.9 Å². The Hall–Kier alpha value is -1.24. The van der Waals surface area contributed by atoms with E-state index in [0.29, 0.717) is 19.4 Å². The van der Waals surface area contributed by atoms with Gasteiger partial charge in [0.05, 0.1) is 19.8 Å². The lowest BCUT2D eigenvalue weighted by molar-refractivity contribution is -0.365. The molecule has 0 radical (unpaired) electrons. The lowest BCUT2D eigenvalue weighted by Gasteiger charge is -2.50. The zero-order valence-electron chi connectivity index (χ0n) is 13.4. The van der Waals surface area contributed by atoms with Crippen LogP contribution in [0.15, 0.2) is 43.0 Å². The molecule has 3 rings (SSSR count). The molecule has 0 aromatic heterocycles. The first kappa shape index (κ1) is 16.6. The van der Waals surface area contributed by atoms with E-state index in [1.807, 2.05) is 37.3 Å². The van der Waals surface area contributed by atoms with Gasteiger partial charge in [0.2, 0.25) is 0 Å². The average Bonchev–Trinajstić information content (AvgIpc) is 2.87. The van der Waals surface area contributed by atoms with Gasteiger partial charge in [0.1, 0.15) is 17.3 Å². The molecule has 0 amide bonds. The molecule has 2 N–H and O–H groups in total. The largest absolute Gasteiger partial charge is 0.386 e. The molecule has 126 valence electrons. The smallest absolute Gasteiger partial charge is 0.166 e. The molecule has 5 nitrogen and oxygen atoms in total. The molecule has 4 atom stereocenters. The maximum absolute atomic E-state index is 11.0. The van der Waals surface area contributed by atoms with Crippen LogP contribution in [0.1, 0.15) is 25.3 Å². The third kappa shape index (κ3) is 2.84. The van der Waals surface area contributed by atoms with Crippen molar-refractivity contribution >= 4 is 0 Å². The summed E-state index contributed by atoms with van der Waals surface area (Å²) in [4.78, 5) is 0. The van der Waals surface area contributed by atoms with Crippen molar-refractivity contribution in [2.24, 2.45) is 0 Å².